The summed E-state index contributed by atoms with van der Waals surface area (Å²) in [5, 5.41) is 0. The second kappa shape index (κ2) is 4.79. The molecule has 0 aliphatic carbocycles. The number of ether oxygens (including phenoxy) is 1. The van der Waals surface area contributed by atoms with Gasteiger partial charge in [-0.15, -0.1) is 0 Å². The van der Waals surface area contributed by atoms with Crippen molar-refractivity contribution in [2.75, 3.05) is 13.2 Å². The molecule has 0 spiro atoms. The zero-order valence-electron chi connectivity index (χ0n) is 9.95. The van der Waals surface area contributed by atoms with Crippen LogP contribution in [0.4, 0.5) is 0 Å². The molecule has 1 heterocycles. The predicted molar refractivity (Wildman–Crippen MR) is 63.6 cm³/mol. The zero-order valence-corrected chi connectivity index (χ0v) is 9.95. The second-order valence-electron chi connectivity index (χ2n) is 4.63. The van der Waals surface area contributed by atoms with Crippen LogP contribution in [-0.4, -0.2) is 19.0 Å². The largest absolute Gasteiger partial charge is 0.381 e. The van der Waals surface area contributed by atoms with Crippen molar-refractivity contribution in [3.63, 3.8) is 0 Å². The molecule has 2 heteroatoms. The summed E-state index contributed by atoms with van der Waals surface area (Å²) in [7, 11) is 0. The van der Waals surface area contributed by atoms with Crippen LogP contribution in [0.25, 0.3) is 0 Å². The first-order valence-corrected chi connectivity index (χ1v) is 5.83. The maximum atomic E-state index is 12.0. The first-order chi connectivity index (χ1) is 7.66. The summed E-state index contributed by atoms with van der Waals surface area (Å²) >= 11 is 0. The number of ketones is 1. The van der Waals surface area contributed by atoms with E-state index >= 15 is 0 Å². The molecule has 1 atom stereocenters. The van der Waals surface area contributed by atoms with Crippen LogP contribution in [0.5, 0.6) is 0 Å². The van der Waals surface area contributed by atoms with Crippen molar-refractivity contribution in [2.24, 2.45) is 5.92 Å². The van der Waals surface area contributed by atoms with Crippen molar-refractivity contribution in [1.82, 2.24) is 0 Å². The molecular weight excluding hydrogens is 200 g/mol. The minimum atomic E-state index is 0.125. The van der Waals surface area contributed by atoms with Gasteiger partial charge in [0.2, 0.25) is 0 Å². The highest BCUT2D eigenvalue weighted by Crippen LogP contribution is 2.18. The molecule has 0 bridgehead atoms. The van der Waals surface area contributed by atoms with E-state index in [1.165, 1.54) is 11.1 Å². The van der Waals surface area contributed by atoms with E-state index in [9.17, 15) is 4.79 Å². The average molecular weight is 218 g/mol. The van der Waals surface area contributed by atoms with E-state index in [0.717, 1.165) is 18.6 Å². The Hall–Kier alpha value is -1.15. The lowest BCUT2D eigenvalue weighted by atomic mass is 9.94. The molecular formula is C14H18O2. The number of carbonyl (C=O) groups excluding carboxylic acids is 1. The van der Waals surface area contributed by atoms with E-state index in [4.69, 9.17) is 4.74 Å². The number of hydrogen-bond donors (Lipinski definition) is 0. The highest BCUT2D eigenvalue weighted by Gasteiger charge is 2.23. The Labute approximate surface area is 96.6 Å². The molecule has 86 valence electrons. The van der Waals surface area contributed by atoms with Crippen LogP contribution in [0.3, 0.4) is 0 Å². The molecule has 1 aliphatic heterocycles. The Morgan fingerprint density at radius 1 is 1.44 bits per heavy atom. The topological polar surface area (TPSA) is 26.3 Å². The van der Waals surface area contributed by atoms with E-state index in [1.807, 2.05) is 0 Å². The lowest BCUT2D eigenvalue weighted by molar-refractivity contribution is -0.122. The van der Waals surface area contributed by atoms with Crippen LogP contribution < -0.4 is 0 Å². The molecule has 1 aromatic carbocycles. The smallest absolute Gasteiger partial charge is 0.142 e. The lowest BCUT2D eigenvalue weighted by Gasteiger charge is -2.09. The van der Waals surface area contributed by atoms with Gasteiger partial charge in [0.1, 0.15) is 5.78 Å². The van der Waals surface area contributed by atoms with Crippen molar-refractivity contribution in [3.05, 3.63) is 34.9 Å². The van der Waals surface area contributed by atoms with Gasteiger partial charge in [-0.25, -0.2) is 0 Å². The summed E-state index contributed by atoms with van der Waals surface area (Å²) in [5.41, 5.74) is 3.59. The first-order valence-electron chi connectivity index (χ1n) is 5.83. The Kier molecular flexibility index (Phi) is 3.39. The summed E-state index contributed by atoms with van der Waals surface area (Å²) in [6.07, 6.45) is 1.45. The summed E-state index contributed by atoms with van der Waals surface area (Å²) < 4.78 is 5.25. The van der Waals surface area contributed by atoms with Crippen molar-refractivity contribution in [1.29, 1.82) is 0 Å². The molecule has 2 nitrogen and oxygen atoms in total. The van der Waals surface area contributed by atoms with Crippen molar-refractivity contribution >= 4 is 5.78 Å². The number of benzene rings is 1. The van der Waals surface area contributed by atoms with Gasteiger partial charge in [0.25, 0.3) is 0 Å². The molecule has 0 aromatic heterocycles. The Morgan fingerprint density at radius 2 is 2.25 bits per heavy atom. The van der Waals surface area contributed by atoms with Crippen molar-refractivity contribution in [2.45, 2.75) is 26.7 Å². The molecule has 0 N–H and O–H groups in total. The Morgan fingerprint density at radius 3 is 2.94 bits per heavy atom. The van der Waals surface area contributed by atoms with E-state index < -0.39 is 0 Å². The summed E-state index contributed by atoms with van der Waals surface area (Å²) in [4.78, 5) is 12.0. The highest BCUT2D eigenvalue weighted by molar-refractivity contribution is 5.83. The van der Waals surface area contributed by atoms with E-state index in [-0.39, 0.29) is 5.92 Å². The average Bonchev–Trinajstić information content (AvgIpc) is 2.76. The molecule has 1 saturated heterocycles. The van der Waals surface area contributed by atoms with Gasteiger partial charge >= 0.3 is 0 Å². The van der Waals surface area contributed by atoms with Crippen LogP contribution in [0.1, 0.15) is 23.1 Å². The third-order valence-corrected chi connectivity index (χ3v) is 3.25. The minimum absolute atomic E-state index is 0.125. The Bertz CT molecular complexity index is 390. The van der Waals surface area contributed by atoms with Gasteiger partial charge in [-0.2, -0.15) is 0 Å². The highest BCUT2D eigenvalue weighted by atomic mass is 16.5. The molecule has 16 heavy (non-hydrogen) atoms. The summed E-state index contributed by atoms with van der Waals surface area (Å²) in [6.45, 7) is 5.48. The maximum Gasteiger partial charge on any atom is 0.142 e. The van der Waals surface area contributed by atoms with E-state index in [1.54, 1.807) is 0 Å². The third-order valence-electron chi connectivity index (χ3n) is 3.25. The number of Topliss-reactive ketones (excluding diaryl/α,β-unsaturated/α-hetero) is 1. The molecule has 1 aromatic rings. The number of rotatable bonds is 3. The fraction of sp³-hybridized carbons (Fsp3) is 0.500. The quantitative estimate of drug-likeness (QED) is 0.779. The number of carbonyl (C=O) groups is 1. The van der Waals surface area contributed by atoms with Crippen LogP contribution in [0.2, 0.25) is 0 Å². The van der Waals surface area contributed by atoms with Gasteiger partial charge in [0, 0.05) is 18.9 Å². The van der Waals surface area contributed by atoms with Crippen molar-refractivity contribution < 1.29 is 9.53 Å². The monoisotopic (exact) mass is 218 g/mol. The fourth-order valence-corrected chi connectivity index (χ4v) is 2.11. The standard InChI is InChI=1S/C14H18O2/c1-10-3-4-11(2)13(7-10)8-14(15)12-5-6-16-9-12/h3-4,7,12H,5-6,8-9H2,1-2H3. The molecule has 0 amide bonds. The maximum absolute atomic E-state index is 12.0. The SMILES string of the molecule is Cc1ccc(C)c(CC(=O)C2CCOC2)c1. The Balaban J connectivity index is 2.07. The number of hydrogen-bond acceptors (Lipinski definition) is 2. The summed E-state index contributed by atoms with van der Waals surface area (Å²) in [5.74, 6) is 0.450. The molecule has 0 radical (unpaired) electrons. The zero-order chi connectivity index (χ0) is 11.5. The predicted octanol–water partition coefficient (Wildman–Crippen LogP) is 2.45. The van der Waals surface area contributed by atoms with Gasteiger partial charge in [-0.1, -0.05) is 23.8 Å². The van der Waals surface area contributed by atoms with Crippen LogP contribution >= 0.6 is 0 Å². The fourth-order valence-electron chi connectivity index (χ4n) is 2.11. The minimum Gasteiger partial charge on any atom is -0.381 e. The summed E-state index contributed by atoms with van der Waals surface area (Å²) in [6, 6.07) is 6.29. The lowest BCUT2D eigenvalue weighted by Crippen LogP contribution is -2.17. The van der Waals surface area contributed by atoms with Gasteiger partial charge in [-0.05, 0) is 31.4 Å². The van der Waals surface area contributed by atoms with Crippen LogP contribution in [0.15, 0.2) is 18.2 Å². The molecule has 2 rings (SSSR count). The molecule has 1 fully saturated rings. The van der Waals surface area contributed by atoms with Crippen molar-refractivity contribution in [3.8, 4) is 0 Å². The van der Waals surface area contributed by atoms with Crippen LogP contribution in [-0.2, 0) is 16.0 Å². The van der Waals surface area contributed by atoms with Gasteiger partial charge < -0.3 is 4.74 Å². The molecule has 0 saturated carbocycles. The van der Waals surface area contributed by atoms with Crippen LogP contribution in [0, 0.1) is 19.8 Å². The molecule has 1 unspecified atom stereocenters. The first kappa shape index (κ1) is 11.3. The van der Waals surface area contributed by atoms with E-state index in [0.29, 0.717) is 18.8 Å². The van der Waals surface area contributed by atoms with Gasteiger partial charge in [0.15, 0.2) is 0 Å². The third kappa shape index (κ3) is 2.50. The molecule has 1 aliphatic rings. The normalized spacial score (nSPS) is 20.0. The number of aryl methyl sites for hydroxylation is 2. The van der Waals surface area contributed by atoms with E-state index in [2.05, 4.69) is 32.0 Å². The van der Waals surface area contributed by atoms with Gasteiger partial charge in [0.05, 0.1) is 6.61 Å². The van der Waals surface area contributed by atoms with Gasteiger partial charge in [-0.3, -0.25) is 4.79 Å². The second-order valence-corrected chi connectivity index (χ2v) is 4.63.